The van der Waals surface area contributed by atoms with Crippen LogP contribution in [0.15, 0.2) is 18.2 Å². The molecule has 1 aromatic heterocycles. The van der Waals surface area contributed by atoms with Gasteiger partial charge < -0.3 is 5.32 Å². The van der Waals surface area contributed by atoms with Crippen molar-refractivity contribution in [3.63, 3.8) is 0 Å². The number of benzene rings is 1. The molecule has 0 spiro atoms. The van der Waals surface area contributed by atoms with E-state index in [0.29, 0.717) is 27.3 Å². The van der Waals surface area contributed by atoms with Crippen LogP contribution in [0.3, 0.4) is 0 Å². The van der Waals surface area contributed by atoms with E-state index in [4.69, 9.17) is 23.2 Å². The quantitative estimate of drug-likeness (QED) is 0.810. The van der Waals surface area contributed by atoms with E-state index in [1.165, 1.54) is 11.3 Å². The first-order chi connectivity index (χ1) is 10.5. The minimum atomic E-state index is -0.440. The Morgan fingerprint density at radius 2 is 2.09 bits per heavy atom. The average molecular weight is 359 g/mol. The van der Waals surface area contributed by atoms with E-state index >= 15 is 0 Å². The predicted molar refractivity (Wildman–Crippen MR) is 92.1 cm³/mol. The maximum atomic E-state index is 12.3. The Morgan fingerprint density at radius 1 is 1.32 bits per heavy atom. The van der Waals surface area contributed by atoms with Gasteiger partial charge in [-0.25, -0.2) is 0 Å². The Labute approximate surface area is 143 Å². The molecule has 0 saturated carbocycles. The first-order valence-electron chi connectivity index (χ1n) is 6.88. The van der Waals surface area contributed by atoms with Gasteiger partial charge in [-0.3, -0.25) is 10.1 Å². The van der Waals surface area contributed by atoms with Gasteiger partial charge in [-0.15, -0.1) is 10.2 Å². The van der Waals surface area contributed by atoms with Crippen LogP contribution in [-0.4, -0.2) is 22.1 Å². The maximum Gasteiger partial charge on any atom is 0.248 e. The Morgan fingerprint density at radius 3 is 2.73 bits per heavy atom. The molecule has 2 rings (SSSR count). The molecule has 22 heavy (non-hydrogen) atoms. The number of nitrogens with one attached hydrogen (secondary N) is 2. The fourth-order valence-electron chi connectivity index (χ4n) is 1.79. The fraction of sp³-hybridized carbons (Fsp3) is 0.357. The van der Waals surface area contributed by atoms with E-state index in [1.54, 1.807) is 18.2 Å². The second kappa shape index (κ2) is 7.76. The molecule has 0 radical (unpaired) electrons. The summed E-state index contributed by atoms with van der Waals surface area (Å²) in [7, 11) is 0. The molecule has 0 fully saturated rings. The van der Waals surface area contributed by atoms with E-state index in [1.807, 2.05) is 13.8 Å². The molecular weight excluding hydrogens is 343 g/mol. The van der Waals surface area contributed by atoms with Crippen LogP contribution in [0.25, 0.3) is 0 Å². The van der Waals surface area contributed by atoms with Crippen molar-refractivity contribution in [2.24, 2.45) is 0 Å². The molecule has 5 nitrogen and oxygen atoms in total. The normalized spacial score (nSPS) is 12.0. The fourth-order valence-corrected chi connectivity index (χ4v) is 2.81. The van der Waals surface area contributed by atoms with Crippen molar-refractivity contribution in [1.82, 2.24) is 10.2 Å². The molecule has 118 valence electrons. The number of carbonyl (C=O) groups excluding carboxylic acids is 1. The molecule has 8 heteroatoms. The van der Waals surface area contributed by atoms with Gasteiger partial charge in [-0.05, 0) is 31.0 Å². The largest absolute Gasteiger partial charge is 0.372 e. The lowest BCUT2D eigenvalue weighted by Crippen LogP contribution is -2.34. The minimum Gasteiger partial charge on any atom is -0.372 e. The first kappa shape index (κ1) is 17.0. The van der Waals surface area contributed by atoms with Crippen molar-refractivity contribution < 1.29 is 4.79 Å². The highest BCUT2D eigenvalue weighted by Gasteiger charge is 2.19. The number of aryl methyl sites for hydroxylation is 1. The van der Waals surface area contributed by atoms with Crippen LogP contribution in [0.2, 0.25) is 10.0 Å². The molecule has 2 N–H and O–H groups in total. The van der Waals surface area contributed by atoms with Gasteiger partial charge in [-0.1, -0.05) is 48.4 Å². The van der Waals surface area contributed by atoms with Crippen LogP contribution < -0.4 is 10.6 Å². The molecule has 1 aromatic carbocycles. The molecule has 1 amide bonds. The van der Waals surface area contributed by atoms with Crippen molar-refractivity contribution in [1.29, 1.82) is 0 Å². The van der Waals surface area contributed by atoms with Gasteiger partial charge in [0.05, 0.1) is 10.7 Å². The van der Waals surface area contributed by atoms with Crippen LogP contribution in [0, 0.1) is 0 Å². The van der Waals surface area contributed by atoms with Gasteiger partial charge in [-0.2, -0.15) is 0 Å². The van der Waals surface area contributed by atoms with E-state index in [2.05, 4.69) is 20.8 Å². The second-order valence-corrected chi connectivity index (χ2v) is 6.48. The second-order valence-electron chi connectivity index (χ2n) is 4.57. The van der Waals surface area contributed by atoms with Crippen LogP contribution in [-0.2, 0) is 11.2 Å². The first-order valence-corrected chi connectivity index (χ1v) is 8.45. The molecule has 0 saturated heterocycles. The van der Waals surface area contributed by atoms with Gasteiger partial charge in [0.25, 0.3) is 0 Å². The molecule has 0 unspecified atom stereocenters. The Kier molecular flexibility index (Phi) is 5.99. The lowest BCUT2D eigenvalue weighted by molar-refractivity contribution is -0.117. The molecule has 1 heterocycles. The van der Waals surface area contributed by atoms with Crippen LogP contribution in [0.5, 0.6) is 0 Å². The van der Waals surface area contributed by atoms with E-state index in [0.717, 1.165) is 11.4 Å². The number of anilines is 2. The summed E-state index contributed by atoms with van der Waals surface area (Å²) < 4.78 is 0. The van der Waals surface area contributed by atoms with E-state index in [9.17, 15) is 4.79 Å². The summed E-state index contributed by atoms with van der Waals surface area (Å²) in [6, 6.07) is 4.64. The third kappa shape index (κ3) is 4.32. The number of halogens is 2. The average Bonchev–Trinajstić information content (AvgIpc) is 2.95. The van der Waals surface area contributed by atoms with Crippen LogP contribution in [0.1, 0.15) is 25.3 Å². The molecule has 2 aromatic rings. The molecule has 1 atom stereocenters. The third-order valence-corrected chi connectivity index (χ3v) is 4.53. The van der Waals surface area contributed by atoms with Crippen molar-refractivity contribution in [2.45, 2.75) is 32.7 Å². The molecule has 0 bridgehead atoms. The summed E-state index contributed by atoms with van der Waals surface area (Å²) >= 11 is 13.4. The van der Waals surface area contributed by atoms with Gasteiger partial charge in [0.2, 0.25) is 11.0 Å². The Balaban J connectivity index is 2.07. The van der Waals surface area contributed by atoms with Gasteiger partial charge in [0.15, 0.2) is 0 Å². The zero-order valence-electron chi connectivity index (χ0n) is 12.2. The molecule has 0 aliphatic carbocycles. The summed E-state index contributed by atoms with van der Waals surface area (Å²) in [6.07, 6.45) is 1.38. The third-order valence-electron chi connectivity index (χ3n) is 2.98. The van der Waals surface area contributed by atoms with Gasteiger partial charge in [0, 0.05) is 5.02 Å². The standard InChI is InChI=1S/C14H16Cl2N4OS/c1-3-10(17-11-7-8(15)5-6-9(11)16)13(21)18-14-20-19-12(4-2)22-14/h5-7,10,17H,3-4H2,1-2H3,(H,18,20,21)/t10-/m1/s1. The van der Waals surface area contributed by atoms with E-state index < -0.39 is 6.04 Å². The van der Waals surface area contributed by atoms with E-state index in [-0.39, 0.29) is 5.91 Å². The summed E-state index contributed by atoms with van der Waals surface area (Å²) in [5.41, 5.74) is 0.627. The van der Waals surface area contributed by atoms with Gasteiger partial charge in [0.1, 0.15) is 11.0 Å². The molecule has 0 aliphatic heterocycles. The Hall–Kier alpha value is -1.37. The lowest BCUT2D eigenvalue weighted by Gasteiger charge is -2.18. The molecule has 0 aliphatic rings. The monoisotopic (exact) mass is 358 g/mol. The zero-order valence-corrected chi connectivity index (χ0v) is 14.5. The highest BCUT2D eigenvalue weighted by Crippen LogP contribution is 2.26. The summed E-state index contributed by atoms with van der Waals surface area (Å²) in [5.74, 6) is -0.183. The topological polar surface area (TPSA) is 66.9 Å². The Bertz CT molecular complexity index is 662. The zero-order chi connectivity index (χ0) is 16.1. The van der Waals surface area contributed by atoms with Crippen molar-refractivity contribution in [2.75, 3.05) is 10.6 Å². The number of nitrogens with zero attached hydrogens (tertiary/aromatic N) is 2. The highest BCUT2D eigenvalue weighted by atomic mass is 35.5. The number of amides is 1. The number of hydrogen-bond acceptors (Lipinski definition) is 5. The molecular formula is C14H16Cl2N4OS. The van der Waals surface area contributed by atoms with Crippen molar-refractivity contribution >= 4 is 51.3 Å². The number of carbonyl (C=O) groups is 1. The maximum absolute atomic E-state index is 12.3. The summed E-state index contributed by atoms with van der Waals surface area (Å²) in [5, 5.41) is 16.2. The van der Waals surface area contributed by atoms with Crippen molar-refractivity contribution in [3.05, 3.63) is 33.3 Å². The lowest BCUT2D eigenvalue weighted by atomic mass is 10.2. The summed E-state index contributed by atoms with van der Waals surface area (Å²) in [6.45, 7) is 3.90. The number of hydrogen-bond donors (Lipinski definition) is 2. The highest BCUT2D eigenvalue weighted by molar-refractivity contribution is 7.15. The predicted octanol–water partition coefficient (Wildman–Crippen LogP) is 4.24. The van der Waals surface area contributed by atoms with Crippen molar-refractivity contribution in [3.8, 4) is 0 Å². The van der Waals surface area contributed by atoms with Crippen LogP contribution >= 0.6 is 34.5 Å². The smallest absolute Gasteiger partial charge is 0.248 e. The minimum absolute atomic E-state index is 0.183. The SMILES string of the molecule is CCc1nnc(NC(=O)[C@@H](CC)Nc2cc(Cl)ccc2Cl)s1. The number of rotatable bonds is 6. The summed E-state index contributed by atoms with van der Waals surface area (Å²) in [4.78, 5) is 12.3. The number of aromatic nitrogens is 2. The van der Waals surface area contributed by atoms with Gasteiger partial charge >= 0.3 is 0 Å². The van der Waals surface area contributed by atoms with Crippen LogP contribution in [0.4, 0.5) is 10.8 Å².